The van der Waals surface area contributed by atoms with Crippen molar-refractivity contribution >= 4 is 22.5 Å². The molecular weight excluding hydrogens is 460 g/mol. The quantitative estimate of drug-likeness (QED) is 0.321. The number of alkyl halides is 6. The molecule has 0 aromatic carbocycles. The van der Waals surface area contributed by atoms with Crippen molar-refractivity contribution in [2.24, 2.45) is 0 Å². The number of aromatic nitrogens is 4. The Hall–Kier alpha value is -3.76. The molecule has 0 bridgehead atoms. The monoisotopic (exact) mass is 477 g/mol. The van der Waals surface area contributed by atoms with Gasteiger partial charge in [-0.25, -0.2) is 15.0 Å². The van der Waals surface area contributed by atoms with Gasteiger partial charge in [0.2, 0.25) is 0 Å². The summed E-state index contributed by atoms with van der Waals surface area (Å²) in [4.78, 5) is 16.5. The normalized spacial score (nSPS) is 12.4. The van der Waals surface area contributed by atoms with E-state index in [-0.39, 0.29) is 28.8 Å². The van der Waals surface area contributed by atoms with E-state index in [4.69, 9.17) is 0 Å². The van der Waals surface area contributed by atoms with E-state index in [9.17, 15) is 26.3 Å². The average molecular weight is 477 g/mol. The van der Waals surface area contributed by atoms with E-state index >= 15 is 0 Å². The van der Waals surface area contributed by atoms with Gasteiger partial charge in [0.15, 0.2) is 5.65 Å². The van der Waals surface area contributed by atoms with Crippen LogP contribution >= 0.6 is 0 Å². The Morgan fingerprint density at radius 3 is 2.24 bits per heavy atom. The minimum Gasteiger partial charge on any atom is -0.340 e. The van der Waals surface area contributed by atoms with E-state index in [1.54, 1.807) is 6.07 Å². The molecule has 4 aromatic rings. The summed E-state index contributed by atoms with van der Waals surface area (Å²) < 4.78 is 78.8. The van der Waals surface area contributed by atoms with Gasteiger partial charge in [0.05, 0.1) is 22.5 Å². The highest BCUT2D eigenvalue weighted by Gasteiger charge is 2.35. The van der Waals surface area contributed by atoms with Gasteiger partial charge in [0.1, 0.15) is 11.5 Å². The number of nitrogens with one attached hydrogen (secondary N) is 1. The predicted molar refractivity (Wildman–Crippen MR) is 114 cm³/mol. The van der Waals surface area contributed by atoms with Crippen molar-refractivity contribution in [3.05, 3.63) is 71.7 Å². The maximum Gasteiger partial charge on any atom is 0.418 e. The number of rotatable bonds is 4. The van der Waals surface area contributed by atoms with Gasteiger partial charge in [0.25, 0.3) is 0 Å². The van der Waals surface area contributed by atoms with Crippen LogP contribution in [0.5, 0.6) is 0 Å². The molecule has 0 saturated carbocycles. The molecule has 4 heterocycles. The molecule has 11 heteroatoms. The van der Waals surface area contributed by atoms with E-state index in [1.165, 1.54) is 30.5 Å². The van der Waals surface area contributed by atoms with E-state index in [1.807, 2.05) is 13.8 Å². The molecule has 0 fully saturated rings. The van der Waals surface area contributed by atoms with Crippen molar-refractivity contribution in [1.29, 1.82) is 0 Å². The Bertz CT molecular complexity index is 1330. The smallest absolute Gasteiger partial charge is 0.340 e. The van der Waals surface area contributed by atoms with Crippen LogP contribution in [0.4, 0.5) is 37.8 Å². The zero-order chi connectivity index (χ0) is 24.7. The number of nitrogens with zero attached hydrogens (tertiary/aromatic N) is 4. The van der Waals surface area contributed by atoms with Crippen LogP contribution in [0, 0.1) is 0 Å². The topological polar surface area (TPSA) is 63.6 Å². The Labute approximate surface area is 189 Å². The zero-order valence-electron chi connectivity index (χ0n) is 17.8. The van der Waals surface area contributed by atoms with Gasteiger partial charge in [-0.1, -0.05) is 13.8 Å². The molecule has 0 aliphatic carbocycles. The first-order valence-electron chi connectivity index (χ1n) is 10.1. The van der Waals surface area contributed by atoms with Crippen LogP contribution in [0.15, 0.2) is 54.9 Å². The molecule has 0 aliphatic rings. The van der Waals surface area contributed by atoms with E-state index in [0.717, 1.165) is 12.1 Å². The summed E-state index contributed by atoms with van der Waals surface area (Å²) in [5, 5.41) is 3.42. The highest BCUT2D eigenvalue weighted by Crippen LogP contribution is 2.36. The third-order valence-electron chi connectivity index (χ3n) is 4.99. The summed E-state index contributed by atoms with van der Waals surface area (Å²) >= 11 is 0. The lowest BCUT2D eigenvalue weighted by Gasteiger charge is -2.15. The lowest BCUT2D eigenvalue weighted by Crippen LogP contribution is -2.09. The Kier molecular flexibility index (Phi) is 5.88. The fraction of sp³-hybridized carbons (Fsp3) is 0.217. The Morgan fingerprint density at radius 2 is 1.62 bits per heavy atom. The molecule has 34 heavy (non-hydrogen) atoms. The predicted octanol–water partition coefficient (Wildman–Crippen LogP) is 6.99. The summed E-state index contributed by atoms with van der Waals surface area (Å²) in [5.74, 6) is 0.0972. The van der Waals surface area contributed by atoms with Crippen LogP contribution in [0.3, 0.4) is 0 Å². The number of anilines is 2. The van der Waals surface area contributed by atoms with Crippen molar-refractivity contribution < 1.29 is 26.3 Å². The number of hydrogen-bond donors (Lipinski definition) is 1. The molecule has 0 amide bonds. The zero-order valence-corrected chi connectivity index (χ0v) is 17.8. The molecule has 1 N–H and O–H groups in total. The largest absolute Gasteiger partial charge is 0.418 e. The van der Waals surface area contributed by atoms with Crippen LogP contribution in [0.25, 0.3) is 22.4 Å². The van der Waals surface area contributed by atoms with Crippen molar-refractivity contribution in [2.45, 2.75) is 32.1 Å². The van der Waals surface area contributed by atoms with Crippen molar-refractivity contribution in [2.75, 3.05) is 5.32 Å². The minimum atomic E-state index is -4.62. The van der Waals surface area contributed by atoms with Gasteiger partial charge in [-0.15, -0.1) is 0 Å². The molecule has 0 atom stereocenters. The van der Waals surface area contributed by atoms with Gasteiger partial charge in [-0.2, -0.15) is 26.3 Å². The lowest BCUT2D eigenvalue weighted by molar-refractivity contribution is -0.138. The first-order chi connectivity index (χ1) is 15.9. The van der Waals surface area contributed by atoms with Gasteiger partial charge >= 0.3 is 12.4 Å². The second kappa shape index (κ2) is 8.54. The molecule has 4 aromatic heterocycles. The SMILES string of the molecule is CC(C)c1cc(Nc2ccc(C(F)(F)F)cn2)c2ccc(-c3ncccc3C(F)(F)F)nc2n1. The number of hydrogen-bond acceptors (Lipinski definition) is 5. The highest BCUT2D eigenvalue weighted by molar-refractivity contribution is 5.92. The minimum absolute atomic E-state index is 0.00700. The summed E-state index contributed by atoms with van der Waals surface area (Å²) in [6.45, 7) is 3.75. The van der Waals surface area contributed by atoms with Crippen molar-refractivity contribution in [3.8, 4) is 11.4 Å². The molecule has 0 aliphatic heterocycles. The molecule has 5 nitrogen and oxygen atoms in total. The van der Waals surface area contributed by atoms with Crippen molar-refractivity contribution in [1.82, 2.24) is 19.9 Å². The van der Waals surface area contributed by atoms with Crippen LogP contribution < -0.4 is 5.32 Å². The fourth-order valence-corrected chi connectivity index (χ4v) is 3.27. The molecule has 0 radical (unpaired) electrons. The third-order valence-corrected chi connectivity index (χ3v) is 4.99. The first kappa shape index (κ1) is 23.4. The fourth-order valence-electron chi connectivity index (χ4n) is 3.27. The summed E-state index contributed by atoms with van der Waals surface area (Å²) in [6, 6.07) is 8.85. The molecule has 0 saturated heterocycles. The molecule has 4 rings (SSSR count). The number of halogens is 6. The Balaban J connectivity index is 1.80. The molecule has 0 spiro atoms. The Morgan fingerprint density at radius 1 is 0.853 bits per heavy atom. The maximum atomic E-state index is 13.5. The van der Waals surface area contributed by atoms with Crippen molar-refractivity contribution in [3.63, 3.8) is 0 Å². The van der Waals surface area contributed by atoms with Gasteiger partial charge in [0, 0.05) is 23.5 Å². The standard InChI is InChI=1S/C23H17F6N5/c1-12(2)17-10-18(32-19-8-5-13(11-31-19)22(24,25)26)14-6-7-16(33-21(14)34-17)20-15(23(27,28)29)4-3-9-30-20/h3-12H,1-2H3,(H,31,32,33,34). The summed E-state index contributed by atoms with van der Waals surface area (Å²) in [6.07, 6.45) is -7.17. The maximum absolute atomic E-state index is 13.5. The van der Waals surface area contributed by atoms with E-state index in [0.29, 0.717) is 23.0 Å². The van der Waals surface area contributed by atoms with Crippen LogP contribution in [0.1, 0.15) is 36.6 Å². The van der Waals surface area contributed by atoms with E-state index in [2.05, 4.69) is 25.3 Å². The highest BCUT2D eigenvalue weighted by atomic mass is 19.4. The first-order valence-corrected chi connectivity index (χ1v) is 10.1. The van der Waals surface area contributed by atoms with Crippen LogP contribution in [-0.4, -0.2) is 19.9 Å². The van der Waals surface area contributed by atoms with E-state index < -0.39 is 23.5 Å². The average Bonchev–Trinajstić information content (AvgIpc) is 2.77. The van der Waals surface area contributed by atoms with Gasteiger partial charge in [-0.3, -0.25) is 4.98 Å². The third kappa shape index (κ3) is 4.78. The second-order valence-electron chi connectivity index (χ2n) is 7.77. The summed E-state index contributed by atoms with van der Waals surface area (Å²) in [7, 11) is 0. The molecular formula is C23H17F6N5. The second-order valence-corrected chi connectivity index (χ2v) is 7.77. The molecule has 0 unspecified atom stereocenters. The number of pyridine rings is 4. The number of fused-ring (bicyclic) bond motifs is 1. The van der Waals surface area contributed by atoms with Crippen LogP contribution in [-0.2, 0) is 12.4 Å². The van der Waals surface area contributed by atoms with Gasteiger partial charge in [-0.05, 0) is 48.4 Å². The van der Waals surface area contributed by atoms with Crippen LogP contribution in [0.2, 0.25) is 0 Å². The lowest BCUT2D eigenvalue weighted by atomic mass is 10.1. The summed E-state index contributed by atoms with van der Waals surface area (Å²) in [5.41, 5.74) is -0.936. The van der Waals surface area contributed by atoms with Gasteiger partial charge < -0.3 is 5.32 Å². The molecule has 176 valence electrons.